The lowest BCUT2D eigenvalue weighted by molar-refractivity contribution is 0.0950. The Morgan fingerprint density at radius 2 is 1.76 bits per heavy atom. The molecular formula is C18H18N2O. The number of nitrogens with zero attached hydrogens (tertiary/aromatic N) is 1. The number of para-hydroxylation sites is 1. The van der Waals surface area contributed by atoms with Gasteiger partial charge in [0, 0.05) is 23.7 Å². The van der Waals surface area contributed by atoms with E-state index in [0.29, 0.717) is 0 Å². The SMILES string of the molecule is N[C@H]1c2cc3ccccc3n2C[C@H]1[C@@H](O)c1ccccc1. The number of hydrogen-bond donors (Lipinski definition) is 2. The van der Waals surface area contributed by atoms with Crippen LogP contribution in [0.4, 0.5) is 0 Å². The van der Waals surface area contributed by atoms with Gasteiger partial charge in [0.25, 0.3) is 0 Å². The summed E-state index contributed by atoms with van der Waals surface area (Å²) in [6.07, 6.45) is -0.528. The fourth-order valence-corrected chi connectivity index (χ4v) is 3.45. The highest BCUT2D eigenvalue weighted by Crippen LogP contribution is 2.40. The lowest BCUT2D eigenvalue weighted by atomic mass is 9.90. The van der Waals surface area contributed by atoms with E-state index in [4.69, 9.17) is 5.73 Å². The van der Waals surface area contributed by atoms with Crippen LogP contribution in [0.2, 0.25) is 0 Å². The van der Waals surface area contributed by atoms with E-state index < -0.39 is 6.10 Å². The Bertz CT molecular complexity index is 778. The number of aromatic nitrogens is 1. The molecule has 1 aromatic heterocycles. The zero-order chi connectivity index (χ0) is 14.4. The molecule has 3 heteroatoms. The normalized spacial score (nSPS) is 22.4. The summed E-state index contributed by atoms with van der Waals surface area (Å²) in [6, 6.07) is 20.1. The van der Waals surface area contributed by atoms with E-state index in [2.05, 4.69) is 22.8 Å². The molecule has 4 rings (SSSR count). The highest BCUT2D eigenvalue weighted by molar-refractivity contribution is 5.81. The number of benzene rings is 2. The second-order valence-corrected chi connectivity index (χ2v) is 5.78. The average Bonchev–Trinajstić information content (AvgIpc) is 3.05. The molecule has 0 radical (unpaired) electrons. The fourth-order valence-electron chi connectivity index (χ4n) is 3.45. The lowest BCUT2D eigenvalue weighted by Gasteiger charge is -2.22. The molecule has 0 saturated heterocycles. The monoisotopic (exact) mass is 278 g/mol. The number of fused-ring (bicyclic) bond motifs is 3. The summed E-state index contributed by atoms with van der Waals surface area (Å²) in [5, 5.41) is 11.9. The quantitative estimate of drug-likeness (QED) is 0.757. The highest BCUT2D eigenvalue weighted by atomic mass is 16.3. The first-order valence-electron chi connectivity index (χ1n) is 7.32. The van der Waals surface area contributed by atoms with Gasteiger partial charge in [-0.3, -0.25) is 0 Å². The molecule has 3 N–H and O–H groups in total. The Morgan fingerprint density at radius 1 is 1.05 bits per heavy atom. The topological polar surface area (TPSA) is 51.2 Å². The first-order valence-corrected chi connectivity index (χ1v) is 7.32. The summed E-state index contributed by atoms with van der Waals surface area (Å²) in [6.45, 7) is 0.764. The molecule has 0 fully saturated rings. The van der Waals surface area contributed by atoms with Gasteiger partial charge in [-0.15, -0.1) is 0 Å². The molecular weight excluding hydrogens is 260 g/mol. The van der Waals surface area contributed by atoms with Crippen LogP contribution in [0.15, 0.2) is 60.7 Å². The standard InChI is InChI=1S/C18H18N2O/c19-17-14(18(21)12-6-2-1-3-7-12)11-20-15-9-5-4-8-13(15)10-16(17)20/h1-10,14,17-18,21H,11,19H2/t14-,17-,18+/m1/s1. The van der Waals surface area contributed by atoms with Crippen LogP contribution >= 0.6 is 0 Å². The second kappa shape index (κ2) is 4.72. The minimum atomic E-state index is -0.528. The average molecular weight is 278 g/mol. The van der Waals surface area contributed by atoms with Crippen molar-refractivity contribution in [2.24, 2.45) is 11.7 Å². The van der Waals surface area contributed by atoms with Crippen LogP contribution in [0.5, 0.6) is 0 Å². The third kappa shape index (κ3) is 1.89. The summed E-state index contributed by atoms with van der Waals surface area (Å²) >= 11 is 0. The Morgan fingerprint density at radius 3 is 2.57 bits per heavy atom. The summed E-state index contributed by atoms with van der Waals surface area (Å²) in [7, 11) is 0. The van der Waals surface area contributed by atoms with Crippen molar-refractivity contribution in [3.63, 3.8) is 0 Å². The van der Waals surface area contributed by atoms with Gasteiger partial charge in [-0.05, 0) is 23.1 Å². The van der Waals surface area contributed by atoms with Gasteiger partial charge in [-0.1, -0.05) is 48.5 Å². The maximum absolute atomic E-state index is 10.7. The first-order chi connectivity index (χ1) is 10.3. The van der Waals surface area contributed by atoms with Crippen LogP contribution in [0.25, 0.3) is 10.9 Å². The van der Waals surface area contributed by atoms with Gasteiger partial charge in [-0.25, -0.2) is 0 Å². The molecule has 1 aliphatic heterocycles. The van der Waals surface area contributed by atoms with E-state index >= 15 is 0 Å². The molecule has 0 bridgehead atoms. The minimum absolute atomic E-state index is 0.0204. The molecule has 0 aliphatic carbocycles. The second-order valence-electron chi connectivity index (χ2n) is 5.78. The minimum Gasteiger partial charge on any atom is -0.388 e. The Hall–Kier alpha value is -2.10. The number of hydrogen-bond acceptors (Lipinski definition) is 2. The summed E-state index contributed by atoms with van der Waals surface area (Å²) in [4.78, 5) is 0. The van der Waals surface area contributed by atoms with E-state index in [1.54, 1.807) is 0 Å². The van der Waals surface area contributed by atoms with Gasteiger partial charge < -0.3 is 15.4 Å². The van der Waals surface area contributed by atoms with Crippen LogP contribution in [0, 0.1) is 5.92 Å². The third-order valence-corrected chi connectivity index (χ3v) is 4.59. The fraction of sp³-hybridized carbons (Fsp3) is 0.222. The molecule has 2 aromatic carbocycles. The molecule has 106 valence electrons. The maximum Gasteiger partial charge on any atom is 0.0854 e. The smallest absolute Gasteiger partial charge is 0.0854 e. The third-order valence-electron chi connectivity index (χ3n) is 4.59. The molecule has 0 unspecified atom stereocenters. The Labute approximate surface area is 123 Å². The Kier molecular flexibility index (Phi) is 2.84. The van der Waals surface area contributed by atoms with Gasteiger partial charge in [0.15, 0.2) is 0 Å². The van der Waals surface area contributed by atoms with Crippen LogP contribution in [-0.2, 0) is 6.54 Å². The molecule has 3 nitrogen and oxygen atoms in total. The lowest BCUT2D eigenvalue weighted by Crippen LogP contribution is -2.23. The van der Waals surface area contributed by atoms with Crippen molar-refractivity contribution in [1.29, 1.82) is 0 Å². The molecule has 1 aliphatic rings. The summed E-state index contributed by atoms with van der Waals surface area (Å²) in [5.74, 6) is 0.0204. The van der Waals surface area contributed by atoms with Crippen LogP contribution in [0.3, 0.4) is 0 Å². The molecule has 0 saturated carbocycles. The molecule has 2 heterocycles. The predicted molar refractivity (Wildman–Crippen MR) is 83.8 cm³/mol. The van der Waals surface area contributed by atoms with Crippen LogP contribution in [-0.4, -0.2) is 9.67 Å². The number of rotatable bonds is 2. The van der Waals surface area contributed by atoms with Crippen molar-refractivity contribution >= 4 is 10.9 Å². The molecule has 3 atom stereocenters. The van der Waals surface area contributed by atoms with E-state index in [1.807, 2.05) is 42.5 Å². The summed E-state index contributed by atoms with van der Waals surface area (Å²) < 4.78 is 2.25. The molecule has 3 aromatic rings. The summed E-state index contributed by atoms with van der Waals surface area (Å²) in [5.41, 5.74) is 9.67. The number of aliphatic hydroxyl groups is 1. The van der Waals surface area contributed by atoms with Gasteiger partial charge >= 0.3 is 0 Å². The van der Waals surface area contributed by atoms with Gasteiger partial charge in [0.05, 0.1) is 12.1 Å². The van der Waals surface area contributed by atoms with E-state index in [-0.39, 0.29) is 12.0 Å². The van der Waals surface area contributed by atoms with Crippen molar-refractivity contribution in [2.75, 3.05) is 0 Å². The molecule has 0 spiro atoms. The van der Waals surface area contributed by atoms with Crippen molar-refractivity contribution in [3.8, 4) is 0 Å². The van der Waals surface area contributed by atoms with E-state index in [9.17, 15) is 5.11 Å². The first kappa shape index (κ1) is 12.6. The highest BCUT2D eigenvalue weighted by Gasteiger charge is 2.36. The van der Waals surface area contributed by atoms with E-state index in [0.717, 1.165) is 17.8 Å². The number of nitrogens with two attached hydrogens (primary N) is 1. The van der Waals surface area contributed by atoms with Crippen LogP contribution in [0.1, 0.15) is 23.4 Å². The van der Waals surface area contributed by atoms with Crippen molar-refractivity contribution in [1.82, 2.24) is 4.57 Å². The predicted octanol–water partition coefficient (Wildman–Crippen LogP) is 3.00. The van der Waals surface area contributed by atoms with Gasteiger partial charge in [-0.2, -0.15) is 0 Å². The van der Waals surface area contributed by atoms with Crippen molar-refractivity contribution in [3.05, 3.63) is 71.9 Å². The van der Waals surface area contributed by atoms with Crippen molar-refractivity contribution in [2.45, 2.75) is 18.7 Å². The largest absolute Gasteiger partial charge is 0.388 e. The van der Waals surface area contributed by atoms with Crippen molar-refractivity contribution < 1.29 is 5.11 Å². The Balaban J connectivity index is 1.71. The number of aliphatic hydroxyl groups excluding tert-OH is 1. The maximum atomic E-state index is 10.7. The van der Waals surface area contributed by atoms with E-state index in [1.165, 1.54) is 10.9 Å². The molecule has 21 heavy (non-hydrogen) atoms. The zero-order valence-corrected chi connectivity index (χ0v) is 11.7. The van der Waals surface area contributed by atoms with Gasteiger partial charge in [0.2, 0.25) is 0 Å². The zero-order valence-electron chi connectivity index (χ0n) is 11.7. The van der Waals surface area contributed by atoms with Crippen LogP contribution < -0.4 is 5.73 Å². The molecule has 0 amide bonds. The van der Waals surface area contributed by atoms with Gasteiger partial charge in [0.1, 0.15) is 0 Å².